The number of amidine groups is 1. The van der Waals surface area contributed by atoms with Gasteiger partial charge in [-0.05, 0) is 60.2 Å². The van der Waals surface area contributed by atoms with Crippen LogP contribution in [0.15, 0.2) is 106 Å². The number of allylic oxidation sites excluding steroid dienone is 1. The summed E-state index contributed by atoms with van der Waals surface area (Å²) in [5.74, 6) is 0.119. The quantitative estimate of drug-likeness (QED) is 0.331. The molecule has 0 radical (unpaired) electrons. The Morgan fingerprint density at radius 1 is 1.02 bits per heavy atom. The summed E-state index contributed by atoms with van der Waals surface area (Å²) in [6.45, 7) is 4.67. The first-order valence-electron chi connectivity index (χ1n) is 13.1. The Morgan fingerprint density at radius 2 is 1.82 bits per heavy atom. The van der Waals surface area contributed by atoms with E-state index in [9.17, 15) is 9.59 Å². The van der Waals surface area contributed by atoms with Gasteiger partial charge in [0.2, 0.25) is 5.91 Å². The van der Waals surface area contributed by atoms with E-state index < -0.39 is 12.0 Å². The van der Waals surface area contributed by atoms with Crippen LogP contribution in [0, 0.1) is 0 Å². The number of thioether (sulfide) groups is 1. The minimum atomic E-state index is -0.527. The Labute approximate surface area is 237 Å². The maximum atomic E-state index is 13.2. The van der Waals surface area contributed by atoms with Crippen molar-refractivity contribution in [2.45, 2.75) is 39.5 Å². The lowest BCUT2D eigenvalue weighted by Gasteiger charge is -2.36. The van der Waals surface area contributed by atoms with Crippen LogP contribution in [-0.2, 0) is 27.5 Å². The first-order valence-corrected chi connectivity index (χ1v) is 13.9. The van der Waals surface area contributed by atoms with Crippen molar-refractivity contribution in [3.8, 4) is 5.75 Å². The molecule has 5 rings (SSSR count). The average molecular weight is 555 g/mol. The molecule has 0 aliphatic carbocycles. The topological polar surface area (TPSA) is 93.1 Å². The molecule has 1 atom stereocenters. The molecule has 1 N–H and O–H groups in total. The van der Waals surface area contributed by atoms with E-state index in [2.05, 4.69) is 10.3 Å². The van der Waals surface area contributed by atoms with Crippen molar-refractivity contribution < 1.29 is 19.1 Å². The van der Waals surface area contributed by atoms with Crippen molar-refractivity contribution in [2.24, 2.45) is 4.99 Å². The number of aliphatic imine (C=N–C) groups is 1. The second-order valence-electron chi connectivity index (χ2n) is 9.27. The van der Waals surface area contributed by atoms with Crippen LogP contribution in [-0.4, -0.2) is 33.5 Å². The minimum absolute atomic E-state index is 0.132. The van der Waals surface area contributed by atoms with E-state index >= 15 is 0 Å². The van der Waals surface area contributed by atoms with E-state index in [0.717, 1.165) is 22.4 Å². The molecule has 3 heterocycles. The minimum Gasteiger partial charge on any atom is -0.489 e. The highest BCUT2D eigenvalue weighted by molar-refractivity contribution is 8.16. The molecule has 0 saturated carbocycles. The van der Waals surface area contributed by atoms with Gasteiger partial charge in [-0.15, -0.1) is 0 Å². The summed E-state index contributed by atoms with van der Waals surface area (Å²) in [6.07, 6.45) is 3.52. The van der Waals surface area contributed by atoms with Crippen LogP contribution >= 0.6 is 11.8 Å². The highest BCUT2D eigenvalue weighted by atomic mass is 32.2. The lowest BCUT2D eigenvalue weighted by Crippen LogP contribution is -2.38. The predicted octanol–water partition coefficient (Wildman–Crippen LogP) is 5.51. The SMILES string of the molecule is CCOC(=O)C1=C(C)N=C2SC=C(CC(=O)NCc3ccncc3)N2[C@H]1c1cccc(OCc2ccccc2)c1. The summed E-state index contributed by atoms with van der Waals surface area (Å²) >= 11 is 1.44. The number of ether oxygens (including phenoxy) is 2. The van der Waals surface area contributed by atoms with Gasteiger partial charge >= 0.3 is 5.97 Å². The van der Waals surface area contributed by atoms with Crippen molar-refractivity contribution in [2.75, 3.05) is 6.61 Å². The Kier molecular flexibility index (Phi) is 8.61. The van der Waals surface area contributed by atoms with Gasteiger partial charge in [0.25, 0.3) is 0 Å². The van der Waals surface area contributed by atoms with Crippen LogP contribution in [0.3, 0.4) is 0 Å². The zero-order valence-corrected chi connectivity index (χ0v) is 23.2. The van der Waals surface area contributed by atoms with Crippen molar-refractivity contribution in [1.29, 1.82) is 0 Å². The fourth-order valence-electron chi connectivity index (χ4n) is 4.60. The molecule has 2 aromatic carbocycles. The molecule has 0 bridgehead atoms. The van der Waals surface area contributed by atoms with Crippen molar-refractivity contribution in [3.05, 3.63) is 118 Å². The molecule has 2 aliphatic heterocycles. The molecule has 3 aromatic rings. The first kappa shape index (κ1) is 27.2. The molecule has 2 aliphatic rings. The van der Waals surface area contributed by atoms with Gasteiger partial charge in [-0.3, -0.25) is 9.78 Å². The van der Waals surface area contributed by atoms with E-state index in [1.54, 1.807) is 19.3 Å². The second kappa shape index (κ2) is 12.7. The summed E-state index contributed by atoms with van der Waals surface area (Å²) in [4.78, 5) is 36.9. The molecule has 40 heavy (non-hydrogen) atoms. The molecule has 0 spiro atoms. The van der Waals surface area contributed by atoms with Gasteiger partial charge in [0.15, 0.2) is 5.17 Å². The summed E-state index contributed by atoms with van der Waals surface area (Å²) < 4.78 is 11.6. The van der Waals surface area contributed by atoms with E-state index in [-0.39, 0.29) is 18.9 Å². The lowest BCUT2D eigenvalue weighted by atomic mass is 9.93. The number of hydrogen-bond donors (Lipinski definition) is 1. The third kappa shape index (κ3) is 6.26. The number of pyridine rings is 1. The van der Waals surface area contributed by atoms with Gasteiger partial charge in [0.05, 0.1) is 30.3 Å². The summed E-state index contributed by atoms with van der Waals surface area (Å²) in [7, 11) is 0. The van der Waals surface area contributed by atoms with Crippen LogP contribution in [0.4, 0.5) is 0 Å². The number of fused-ring (bicyclic) bond motifs is 1. The van der Waals surface area contributed by atoms with Crippen LogP contribution in [0.1, 0.15) is 43.0 Å². The number of aromatic nitrogens is 1. The number of benzene rings is 2. The number of carbonyl (C=O) groups excluding carboxylic acids is 2. The third-order valence-corrected chi connectivity index (χ3v) is 7.39. The van der Waals surface area contributed by atoms with Crippen LogP contribution in [0.5, 0.6) is 5.75 Å². The first-order chi connectivity index (χ1) is 19.5. The smallest absolute Gasteiger partial charge is 0.338 e. The fourth-order valence-corrected chi connectivity index (χ4v) is 5.56. The normalized spacial score (nSPS) is 16.1. The maximum absolute atomic E-state index is 13.2. The van der Waals surface area contributed by atoms with Crippen LogP contribution < -0.4 is 10.1 Å². The molecule has 8 nitrogen and oxygen atoms in total. The van der Waals surface area contributed by atoms with Gasteiger partial charge in [-0.1, -0.05) is 54.2 Å². The fraction of sp³-hybridized carbons (Fsp3) is 0.226. The van der Waals surface area contributed by atoms with Crippen molar-refractivity contribution in [3.63, 3.8) is 0 Å². The van der Waals surface area contributed by atoms with Crippen LogP contribution in [0.2, 0.25) is 0 Å². The highest BCUT2D eigenvalue weighted by Gasteiger charge is 2.41. The van der Waals surface area contributed by atoms with Gasteiger partial charge in [0.1, 0.15) is 12.4 Å². The van der Waals surface area contributed by atoms with E-state index in [1.165, 1.54) is 11.8 Å². The largest absolute Gasteiger partial charge is 0.489 e. The number of hydrogen-bond acceptors (Lipinski definition) is 8. The Bertz CT molecular complexity index is 1470. The van der Waals surface area contributed by atoms with Crippen molar-refractivity contribution >= 4 is 28.8 Å². The number of esters is 1. The zero-order valence-electron chi connectivity index (χ0n) is 22.4. The number of amides is 1. The van der Waals surface area contributed by atoms with Gasteiger partial charge in [-0.2, -0.15) is 0 Å². The van der Waals surface area contributed by atoms with E-state index in [4.69, 9.17) is 14.5 Å². The standard InChI is InChI=1S/C31H30N4O4S/c1-3-38-30(37)28-21(2)34-31-35(25(20-40-31)17-27(36)33-18-22-12-14-32-15-13-22)29(28)24-10-7-11-26(16-24)39-19-23-8-5-4-6-9-23/h4-16,20,29H,3,17-19H2,1-2H3,(H,33,36)/t29-/m0/s1. The summed E-state index contributed by atoms with van der Waals surface area (Å²) in [6, 6.07) is 20.8. The zero-order chi connectivity index (χ0) is 27.9. The molecule has 204 valence electrons. The monoisotopic (exact) mass is 554 g/mol. The molecule has 1 amide bonds. The number of nitrogens with zero attached hydrogens (tertiary/aromatic N) is 3. The van der Waals surface area contributed by atoms with Crippen LogP contribution in [0.25, 0.3) is 0 Å². The van der Waals surface area contributed by atoms with Gasteiger partial charge in [0, 0.05) is 24.6 Å². The number of nitrogens with one attached hydrogen (secondary N) is 1. The second-order valence-corrected chi connectivity index (χ2v) is 10.1. The lowest BCUT2D eigenvalue weighted by molar-refractivity contribution is -0.139. The molecule has 1 aromatic heterocycles. The Hall–Kier alpha value is -4.37. The molecular weight excluding hydrogens is 524 g/mol. The molecule has 0 unspecified atom stereocenters. The highest BCUT2D eigenvalue weighted by Crippen LogP contribution is 2.45. The molecule has 9 heteroatoms. The van der Waals surface area contributed by atoms with Crippen molar-refractivity contribution in [1.82, 2.24) is 15.2 Å². The third-order valence-electron chi connectivity index (χ3n) is 6.50. The summed E-state index contributed by atoms with van der Waals surface area (Å²) in [5.41, 5.74) is 4.65. The maximum Gasteiger partial charge on any atom is 0.338 e. The number of rotatable bonds is 10. The van der Waals surface area contributed by atoms with E-state index in [1.807, 2.05) is 84.0 Å². The summed E-state index contributed by atoms with van der Waals surface area (Å²) in [5, 5.41) is 5.61. The van der Waals surface area contributed by atoms with Gasteiger partial charge in [-0.25, -0.2) is 9.79 Å². The molecule has 0 fully saturated rings. The molecule has 0 saturated heterocycles. The Balaban J connectivity index is 1.41. The van der Waals surface area contributed by atoms with Gasteiger partial charge < -0.3 is 19.7 Å². The molecular formula is C31H30N4O4S. The Morgan fingerprint density at radius 3 is 2.60 bits per heavy atom. The number of carbonyl (C=O) groups is 2. The predicted molar refractivity (Wildman–Crippen MR) is 155 cm³/mol. The van der Waals surface area contributed by atoms with E-state index in [0.29, 0.717) is 35.3 Å². The average Bonchev–Trinajstić information content (AvgIpc) is 3.37.